The molecule has 1 saturated heterocycles. The van der Waals surface area contributed by atoms with Crippen molar-refractivity contribution in [3.05, 3.63) is 29.8 Å². The second kappa shape index (κ2) is 5.98. The van der Waals surface area contributed by atoms with E-state index in [0.29, 0.717) is 6.04 Å². The molecular formula is C18H30N2O. The van der Waals surface area contributed by atoms with Gasteiger partial charge in [-0.25, -0.2) is 0 Å². The average molecular weight is 290 g/mol. The van der Waals surface area contributed by atoms with Gasteiger partial charge < -0.3 is 10.1 Å². The number of hydrogen-bond donors (Lipinski definition) is 1. The van der Waals surface area contributed by atoms with Crippen molar-refractivity contribution in [2.45, 2.75) is 52.7 Å². The van der Waals surface area contributed by atoms with Gasteiger partial charge in [-0.1, -0.05) is 32.9 Å². The molecule has 1 aromatic carbocycles. The first-order valence-corrected chi connectivity index (χ1v) is 7.84. The first kappa shape index (κ1) is 16.3. The van der Waals surface area contributed by atoms with Crippen LogP contribution in [0, 0.1) is 5.41 Å². The highest BCUT2D eigenvalue weighted by atomic mass is 16.5. The van der Waals surface area contributed by atoms with Crippen molar-refractivity contribution < 1.29 is 4.74 Å². The summed E-state index contributed by atoms with van der Waals surface area (Å²) >= 11 is 0. The second-order valence-corrected chi connectivity index (χ2v) is 7.84. The molecule has 0 amide bonds. The molecule has 21 heavy (non-hydrogen) atoms. The fourth-order valence-corrected chi connectivity index (χ4v) is 2.87. The molecule has 3 heteroatoms. The van der Waals surface area contributed by atoms with Crippen LogP contribution in [0.5, 0.6) is 5.75 Å². The molecule has 0 saturated carbocycles. The summed E-state index contributed by atoms with van der Waals surface area (Å²) < 4.78 is 5.34. The van der Waals surface area contributed by atoms with Crippen LogP contribution in [0.1, 0.15) is 40.2 Å². The molecule has 2 rings (SSSR count). The monoisotopic (exact) mass is 290 g/mol. The maximum absolute atomic E-state index is 5.34. The predicted octanol–water partition coefficient (Wildman–Crippen LogP) is 3.29. The highest BCUT2D eigenvalue weighted by molar-refractivity contribution is 5.28. The molecule has 0 aromatic heterocycles. The molecule has 1 heterocycles. The van der Waals surface area contributed by atoms with Gasteiger partial charge >= 0.3 is 0 Å². The van der Waals surface area contributed by atoms with Crippen LogP contribution in [-0.2, 0) is 6.54 Å². The number of nitrogens with zero attached hydrogens (tertiary/aromatic N) is 1. The van der Waals surface area contributed by atoms with E-state index in [1.807, 2.05) is 6.07 Å². The number of piperazine rings is 1. The molecule has 0 spiro atoms. The van der Waals surface area contributed by atoms with E-state index in [-0.39, 0.29) is 11.0 Å². The Morgan fingerprint density at radius 1 is 1.33 bits per heavy atom. The number of nitrogens with one attached hydrogen (secondary N) is 1. The van der Waals surface area contributed by atoms with Gasteiger partial charge in [0.15, 0.2) is 0 Å². The second-order valence-electron chi connectivity index (χ2n) is 7.84. The van der Waals surface area contributed by atoms with E-state index in [4.69, 9.17) is 4.74 Å². The van der Waals surface area contributed by atoms with Crippen molar-refractivity contribution in [3.63, 3.8) is 0 Å². The quantitative estimate of drug-likeness (QED) is 0.924. The Labute approximate surface area is 129 Å². The summed E-state index contributed by atoms with van der Waals surface area (Å²) in [4.78, 5) is 2.59. The fraction of sp³-hybridized carbons (Fsp3) is 0.667. The van der Waals surface area contributed by atoms with E-state index >= 15 is 0 Å². The summed E-state index contributed by atoms with van der Waals surface area (Å²) in [5, 5.41) is 3.72. The van der Waals surface area contributed by atoms with Gasteiger partial charge in [-0.05, 0) is 37.0 Å². The lowest BCUT2D eigenvalue weighted by Crippen LogP contribution is -2.64. The Bertz CT molecular complexity index is 476. The van der Waals surface area contributed by atoms with Gasteiger partial charge in [-0.2, -0.15) is 0 Å². The lowest BCUT2D eigenvalue weighted by molar-refractivity contribution is 0.0295. The third-order valence-electron chi connectivity index (χ3n) is 4.59. The highest BCUT2D eigenvalue weighted by Crippen LogP contribution is 2.29. The Kier molecular flexibility index (Phi) is 4.64. The van der Waals surface area contributed by atoms with Crippen molar-refractivity contribution in [2.75, 3.05) is 20.2 Å². The number of rotatable bonds is 3. The minimum atomic E-state index is 0.171. The van der Waals surface area contributed by atoms with Gasteiger partial charge in [-0.3, -0.25) is 4.90 Å². The number of hydrogen-bond acceptors (Lipinski definition) is 3. The zero-order valence-corrected chi connectivity index (χ0v) is 14.4. The Balaban J connectivity index is 2.14. The minimum Gasteiger partial charge on any atom is -0.497 e. The number of benzene rings is 1. The van der Waals surface area contributed by atoms with Crippen LogP contribution in [0.2, 0.25) is 0 Å². The van der Waals surface area contributed by atoms with Crippen LogP contribution in [0.25, 0.3) is 0 Å². The molecule has 1 aliphatic heterocycles. The topological polar surface area (TPSA) is 24.5 Å². The van der Waals surface area contributed by atoms with Gasteiger partial charge in [0.2, 0.25) is 0 Å². The van der Waals surface area contributed by atoms with Crippen molar-refractivity contribution in [1.29, 1.82) is 0 Å². The predicted molar refractivity (Wildman–Crippen MR) is 88.7 cm³/mol. The minimum absolute atomic E-state index is 0.171. The molecular weight excluding hydrogens is 260 g/mol. The molecule has 1 fully saturated rings. The first-order chi connectivity index (χ1) is 9.72. The molecule has 1 N–H and O–H groups in total. The SMILES string of the molecule is COc1cccc(CN2CC(C(C)(C)C)NCC2(C)C)c1. The molecule has 1 aliphatic rings. The highest BCUT2D eigenvalue weighted by Gasteiger charge is 2.38. The summed E-state index contributed by atoms with van der Waals surface area (Å²) in [6, 6.07) is 8.93. The van der Waals surface area contributed by atoms with E-state index in [0.717, 1.165) is 25.4 Å². The summed E-state index contributed by atoms with van der Waals surface area (Å²) in [7, 11) is 1.73. The van der Waals surface area contributed by atoms with Crippen LogP contribution in [0.3, 0.4) is 0 Å². The zero-order valence-electron chi connectivity index (χ0n) is 14.4. The van der Waals surface area contributed by atoms with Crippen molar-refractivity contribution >= 4 is 0 Å². The third kappa shape index (κ3) is 3.98. The van der Waals surface area contributed by atoms with Crippen molar-refractivity contribution in [3.8, 4) is 5.75 Å². The average Bonchev–Trinajstić information content (AvgIpc) is 2.40. The Morgan fingerprint density at radius 2 is 2.05 bits per heavy atom. The Morgan fingerprint density at radius 3 is 2.67 bits per heavy atom. The molecule has 0 aliphatic carbocycles. The van der Waals surface area contributed by atoms with Crippen LogP contribution >= 0.6 is 0 Å². The number of methoxy groups -OCH3 is 1. The maximum atomic E-state index is 5.34. The molecule has 3 nitrogen and oxygen atoms in total. The molecule has 1 unspecified atom stereocenters. The smallest absolute Gasteiger partial charge is 0.119 e. The standard InChI is InChI=1S/C18H30N2O/c1-17(2,3)16-12-20(18(4,5)13-19-16)11-14-8-7-9-15(10-14)21-6/h7-10,16,19H,11-13H2,1-6H3. The first-order valence-electron chi connectivity index (χ1n) is 7.84. The summed E-state index contributed by atoms with van der Waals surface area (Å²) in [5.41, 5.74) is 1.77. The largest absolute Gasteiger partial charge is 0.497 e. The summed E-state index contributed by atoms with van der Waals surface area (Å²) in [5.74, 6) is 0.938. The van der Waals surface area contributed by atoms with Gasteiger partial charge in [0, 0.05) is 31.2 Å². The zero-order chi connectivity index (χ0) is 15.7. The van der Waals surface area contributed by atoms with Crippen molar-refractivity contribution in [2.24, 2.45) is 5.41 Å². The lowest BCUT2D eigenvalue weighted by atomic mass is 9.82. The van der Waals surface area contributed by atoms with E-state index in [1.54, 1.807) is 7.11 Å². The van der Waals surface area contributed by atoms with Gasteiger partial charge in [0.1, 0.15) is 5.75 Å². The van der Waals surface area contributed by atoms with E-state index in [1.165, 1.54) is 5.56 Å². The molecule has 0 bridgehead atoms. The molecule has 118 valence electrons. The van der Waals surface area contributed by atoms with Gasteiger partial charge in [-0.15, -0.1) is 0 Å². The lowest BCUT2D eigenvalue weighted by Gasteiger charge is -2.49. The Hall–Kier alpha value is -1.06. The van der Waals surface area contributed by atoms with E-state index in [2.05, 4.69) is 63.0 Å². The van der Waals surface area contributed by atoms with Gasteiger partial charge in [0.05, 0.1) is 7.11 Å². The summed E-state index contributed by atoms with van der Waals surface area (Å²) in [6.45, 7) is 14.6. The maximum Gasteiger partial charge on any atom is 0.119 e. The summed E-state index contributed by atoms with van der Waals surface area (Å²) in [6.07, 6.45) is 0. The molecule has 1 atom stereocenters. The molecule has 0 radical (unpaired) electrons. The molecule has 1 aromatic rings. The van der Waals surface area contributed by atoms with Gasteiger partial charge in [0.25, 0.3) is 0 Å². The van der Waals surface area contributed by atoms with Crippen molar-refractivity contribution in [1.82, 2.24) is 10.2 Å². The fourth-order valence-electron chi connectivity index (χ4n) is 2.87. The van der Waals surface area contributed by atoms with Crippen LogP contribution < -0.4 is 10.1 Å². The van der Waals surface area contributed by atoms with Crippen LogP contribution in [0.15, 0.2) is 24.3 Å². The van der Waals surface area contributed by atoms with Crippen LogP contribution in [0.4, 0.5) is 0 Å². The third-order valence-corrected chi connectivity index (χ3v) is 4.59. The number of ether oxygens (including phenoxy) is 1. The van der Waals surface area contributed by atoms with E-state index in [9.17, 15) is 0 Å². The van der Waals surface area contributed by atoms with Crippen LogP contribution in [-0.4, -0.2) is 36.7 Å². The van der Waals surface area contributed by atoms with E-state index < -0.39 is 0 Å². The normalized spacial score (nSPS) is 23.0.